The summed E-state index contributed by atoms with van der Waals surface area (Å²) in [5, 5.41) is 3.58. The maximum absolute atomic E-state index is 4.22. The van der Waals surface area contributed by atoms with E-state index >= 15 is 0 Å². The molecular formula is C11H15N3. The van der Waals surface area contributed by atoms with Crippen LogP contribution in [0.5, 0.6) is 0 Å². The number of hydrogen-bond acceptors (Lipinski definition) is 3. The van der Waals surface area contributed by atoms with Gasteiger partial charge in [0.25, 0.3) is 0 Å². The Labute approximate surface area is 84.0 Å². The van der Waals surface area contributed by atoms with Gasteiger partial charge in [-0.15, -0.1) is 0 Å². The standard InChI is InChI=1S/C11H15N3/c1-10(3-4-10)11(5-6-11)14-9-2-7-12-8-13-9/h2,7-8H,3-6H2,1H3,(H,12,13,14). The van der Waals surface area contributed by atoms with Crippen molar-refractivity contribution in [2.24, 2.45) is 5.41 Å². The molecule has 1 aromatic heterocycles. The SMILES string of the molecule is CC1(C2(Nc3ccncn3)CC2)CC1. The highest BCUT2D eigenvalue weighted by molar-refractivity contribution is 5.42. The zero-order valence-electron chi connectivity index (χ0n) is 8.45. The molecule has 0 radical (unpaired) electrons. The fourth-order valence-electron chi connectivity index (χ4n) is 2.28. The van der Waals surface area contributed by atoms with E-state index in [-0.39, 0.29) is 0 Å². The summed E-state index contributed by atoms with van der Waals surface area (Å²) in [6, 6.07) is 1.95. The molecule has 0 atom stereocenters. The summed E-state index contributed by atoms with van der Waals surface area (Å²) < 4.78 is 0. The van der Waals surface area contributed by atoms with Crippen molar-refractivity contribution in [3.63, 3.8) is 0 Å². The largest absolute Gasteiger partial charge is 0.364 e. The van der Waals surface area contributed by atoms with E-state index in [0.717, 1.165) is 5.82 Å². The number of nitrogens with zero attached hydrogens (tertiary/aromatic N) is 2. The summed E-state index contributed by atoms with van der Waals surface area (Å²) in [6.07, 6.45) is 8.73. The van der Waals surface area contributed by atoms with Crippen molar-refractivity contribution < 1.29 is 0 Å². The molecule has 0 bridgehead atoms. The Morgan fingerprint density at radius 2 is 2.07 bits per heavy atom. The van der Waals surface area contributed by atoms with E-state index in [4.69, 9.17) is 0 Å². The molecule has 74 valence electrons. The van der Waals surface area contributed by atoms with Crippen molar-refractivity contribution in [1.29, 1.82) is 0 Å². The fraction of sp³-hybridized carbons (Fsp3) is 0.636. The topological polar surface area (TPSA) is 37.8 Å². The molecule has 1 aromatic rings. The first-order chi connectivity index (χ1) is 6.74. The van der Waals surface area contributed by atoms with Crippen LogP contribution in [0.2, 0.25) is 0 Å². The molecule has 2 fully saturated rings. The third-order valence-corrected chi connectivity index (χ3v) is 3.85. The van der Waals surface area contributed by atoms with Gasteiger partial charge < -0.3 is 5.32 Å². The Morgan fingerprint density at radius 1 is 1.29 bits per heavy atom. The van der Waals surface area contributed by atoms with Gasteiger partial charge in [-0.25, -0.2) is 9.97 Å². The van der Waals surface area contributed by atoms with E-state index in [1.807, 2.05) is 6.07 Å². The van der Waals surface area contributed by atoms with Crippen LogP contribution >= 0.6 is 0 Å². The van der Waals surface area contributed by atoms with Gasteiger partial charge >= 0.3 is 0 Å². The Morgan fingerprint density at radius 3 is 2.57 bits per heavy atom. The van der Waals surface area contributed by atoms with Gasteiger partial charge in [-0.3, -0.25) is 0 Å². The summed E-state index contributed by atoms with van der Waals surface area (Å²) in [5.41, 5.74) is 0.902. The second kappa shape index (κ2) is 2.47. The number of anilines is 1. The van der Waals surface area contributed by atoms with Gasteiger partial charge in [0.15, 0.2) is 0 Å². The van der Waals surface area contributed by atoms with Gasteiger partial charge in [-0.1, -0.05) is 6.92 Å². The molecule has 3 nitrogen and oxygen atoms in total. The third kappa shape index (κ3) is 1.11. The van der Waals surface area contributed by atoms with Gasteiger partial charge in [0.1, 0.15) is 12.1 Å². The maximum atomic E-state index is 4.22. The van der Waals surface area contributed by atoms with Gasteiger partial charge in [-0.05, 0) is 37.2 Å². The van der Waals surface area contributed by atoms with Crippen molar-refractivity contribution in [2.45, 2.75) is 38.1 Å². The van der Waals surface area contributed by atoms with Crippen LogP contribution in [0.1, 0.15) is 32.6 Å². The van der Waals surface area contributed by atoms with E-state index < -0.39 is 0 Å². The lowest BCUT2D eigenvalue weighted by molar-refractivity contribution is 0.446. The molecule has 0 aliphatic heterocycles. The molecule has 3 heteroatoms. The Balaban J connectivity index is 1.79. The van der Waals surface area contributed by atoms with E-state index in [0.29, 0.717) is 11.0 Å². The Hall–Kier alpha value is -1.12. The lowest BCUT2D eigenvalue weighted by atomic mass is 9.96. The molecule has 3 rings (SSSR count). The molecule has 2 aliphatic rings. The first-order valence-electron chi connectivity index (χ1n) is 5.28. The first-order valence-corrected chi connectivity index (χ1v) is 5.28. The normalized spacial score (nSPS) is 25.5. The predicted octanol–water partition coefficient (Wildman–Crippen LogP) is 2.22. The molecule has 2 saturated carbocycles. The first kappa shape index (κ1) is 8.21. The van der Waals surface area contributed by atoms with Crippen molar-refractivity contribution in [3.8, 4) is 0 Å². The van der Waals surface area contributed by atoms with Crippen LogP contribution in [0.25, 0.3) is 0 Å². The second-order valence-corrected chi connectivity index (χ2v) is 4.86. The molecule has 0 aromatic carbocycles. The van der Waals surface area contributed by atoms with E-state index in [9.17, 15) is 0 Å². The maximum Gasteiger partial charge on any atom is 0.129 e. The average molecular weight is 189 g/mol. The molecular weight excluding hydrogens is 174 g/mol. The Bertz CT molecular complexity index is 339. The van der Waals surface area contributed by atoms with Crippen LogP contribution in [-0.4, -0.2) is 15.5 Å². The number of nitrogens with one attached hydrogen (secondary N) is 1. The minimum atomic E-state index is 0.362. The molecule has 14 heavy (non-hydrogen) atoms. The number of rotatable bonds is 3. The fourth-order valence-corrected chi connectivity index (χ4v) is 2.28. The molecule has 0 amide bonds. The molecule has 2 aliphatic carbocycles. The van der Waals surface area contributed by atoms with Crippen LogP contribution < -0.4 is 5.32 Å². The monoisotopic (exact) mass is 189 g/mol. The molecule has 0 unspecified atom stereocenters. The van der Waals surface area contributed by atoms with Crippen molar-refractivity contribution >= 4 is 5.82 Å². The zero-order chi connectivity index (χ0) is 9.65. The number of hydrogen-bond donors (Lipinski definition) is 1. The zero-order valence-corrected chi connectivity index (χ0v) is 8.45. The van der Waals surface area contributed by atoms with Gasteiger partial charge in [0.05, 0.1) is 0 Å². The summed E-state index contributed by atoms with van der Waals surface area (Å²) in [6.45, 7) is 2.38. The molecule has 0 saturated heterocycles. The van der Waals surface area contributed by atoms with Crippen LogP contribution in [0.3, 0.4) is 0 Å². The van der Waals surface area contributed by atoms with Gasteiger partial charge in [-0.2, -0.15) is 0 Å². The summed E-state index contributed by atoms with van der Waals surface area (Å²) >= 11 is 0. The van der Waals surface area contributed by atoms with Crippen molar-refractivity contribution in [2.75, 3.05) is 5.32 Å². The van der Waals surface area contributed by atoms with Gasteiger partial charge in [0, 0.05) is 11.7 Å². The van der Waals surface area contributed by atoms with E-state index in [1.165, 1.54) is 25.7 Å². The van der Waals surface area contributed by atoms with E-state index in [2.05, 4.69) is 22.2 Å². The smallest absolute Gasteiger partial charge is 0.129 e. The summed E-state index contributed by atoms with van der Waals surface area (Å²) in [7, 11) is 0. The highest BCUT2D eigenvalue weighted by Crippen LogP contribution is 2.64. The highest BCUT2D eigenvalue weighted by atomic mass is 15.1. The lowest BCUT2D eigenvalue weighted by Gasteiger charge is -2.24. The number of aromatic nitrogens is 2. The minimum Gasteiger partial charge on any atom is -0.364 e. The molecule has 1 heterocycles. The minimum absolute atomic E-state index is 0.362. The predicted molar refractivity (Wildman–Crippen MR) is 55.0 cm³/mol. The summed E-state index contributed by atoms with van der Waals surface area (Å²) in [4.78, 5) is 8.15. The van der Waals surface area contributed by atoms with Gasteiger partial charge in [0.2, 0.25) is 0 Å². The van der Waals surface area contributed by atoms with E-state index in [1.54, 1.807) is 12.5 Å². The Kier molecular flexibility index (Phi) is 1.45. The molecule has 0 spiro atoms. The second-order valence-electron chi connectivity index (χ2n) is 4.86. The van der Waals surface area contributed by atoms with Crippen LogP contribution in [-0.2, 0) is 0 Å². The van der Waals surface area contributed by atoms with Crippen LogP contribution in [0, 0.1) is 5.41 Å². The quantitative estimate of drug-likeness (QED) is 0.792. The average Bonchev–Trinajstić information content (AvgIpc) is 3.07. The van der Waals surface area contributed by atoms with Crippen LogP contribution in [0.15, 0.2) is 18.6 Å². The highest BCUT2D eigenvalue weighted by Gasteiger charge is 2.62. The van der Waals surface area contributed by atoms with Crippen molar-refractivity contribution in [3.05, 3.63) is 18.6 Å². The molecule has 1 N–H and O–H groups in total. The summed E-state index contributed by atoms with van der Waals surface area (Å²) in [5.74, 6) is 0.977. The third-order valence-electron chi connectivity index (χ3n) is 3.85. The van der Waals surface area contributed by atoms with Crippen LogP contribution in [0.4, 0.5) is 5.82 Å². The van der Waals surface area contributed by atoms with Crippen molar-refractivity contribution in [1.82, 2.24) is 9.97 Å². The lowest BCUT2D eigenvalue weighted by Crippen LogP contribution is -2.31.